The van der Waals surface area contributed by atoms with E-state index in [2.05, 4.69) is 32.0 Å². The van der Waals surface area contributed by atoms with Gasteiger partial charge in [-0.25, -0.2) is 9.36 Å². The van der Waals surface area contributed by atoms with Crippen molar-refractivity contribution in [3.05, 3.63) is 96.5 Å². The van der Waals surface area contributed by atoms with Crippen molar-refractivity contribution < 1.29 is 0 Å². The summed E-state index contributed by atoms with van der Waals surface area (Å²) in [5.41, 5.74) is 4.78. The summed E-state index contributed by atoms with van der Waals surface area (Å²) in [7, 11) is 0. The summed E-state index contributed by atoms with van der Waals surface area (Å²) in [5, 5.41) is 0.732. The van der Waals surface area contributed by atoms with Crippen molar-refractivity contribution in [1.82, 2.24) is 9.13 Å². The van der Waals surface area contributed by atoms with Gasteiger partial charge in [-0.2, -0.15) is 0 Å². The maximum atomic E-state index is 13.5. The highest BCUT2D eigenvalue weighted by Crippen LogP contribution is 2.35. The van der Waals surface area contributed by atoms with Gasteiger partial charge >= 0.3 is 5.69 Å². The molecule has 2 aromatic heterocycles. The lowest BCUT2D eigenvalue weighted by Crippen LogP contribution is -2.39. The lowest BCUT2D eigenvalue weighted by Gasteiger charge is -2.14. The molecular weight excluding hydrogens is 380 g/mol. The highest BCUT2D eigenvalue weighted by molar-refractivity contribution is 7.18. The Balaban J connectivity index is 1.83. The first-order chi connectivity index (χ1) is 14.0. The zero-order valence-electron chi connectivity index (χ0n) is 16.6. The Morgan fingerprint density at radius 1 is 1.00 bits per heavy atom. The van der Waals surface area contributed by atoms with Crippen molar-refractivity contribution in [2.75, 3.05) is 0 Å². The molecule has 0 amide bonds. The van der Waals surface area contributed by atoms with Crippen LogP contribution in [0.15, 0.2) is 58.1 Å². The monoisotopic (exact) mass is 402 g/mol. The van der Waals surface area contributed by atoms with Gasteiger partial charge < -0.3 is 0 Å². The Morgan fingerprint density at radius 3 is 2.55 bits per heavy atom. The summed E-state index contributed by atoms with van der Waals surface area (Å²) in [6.45, 7) is 4.61. The highest BCUT2D eigenvalue weighted by Gasteiger charge is 2.25. The molecule has 0 N–H and O–H groups in total. The van der Waals surface area contributed by atoms with E-state index in [0.717, 1.165) is 46.2 Å². The second-order valence-corrected chi connectivity index (χ2v) is 8.90. The SMILES string of the molecule is Cc1ccc(Cn2c(=O)n(-c3ccccc3)c(=O)c3c4c(sc32)CCC4)c(C)c1. The number of benzene rings is 2. The van der Waals surface area contributed by atoms with Gasteiger partial charge in [-0.15, -0.1) is 11.3 Å². The number of hydrogen-bond acceptors (Lipinski definition) is 3. The van der Waals surface area contributed by atoms with E-state index in [-0.39, 0.29) is 11.2 Å². The van der Waals surface area contributed by atoms with E-state index in [0.29, 0.717) is 12.2 Å². The molecule has 0 spiro atoms. The van der Waals surface area contributed by atoms with Crippen molar-refractivity contribution in [2.45, 2.75) is 39.7 Å². The molecule has 29 heavy (non-hydrogen) atoms. The van der Waals surface area contributed by atoms with Gasteiger partial charge in [0, 0.05) is 4.88 Å². The standard InChI is InChI=1S/C24H22N2O2S/c1-15-11-12-17(16(2)13-15)14-25-23-21(19-9-6-10-20(19)29-23)22(27)26(24(25)28)18-7-4-3-5-8-18/h3-5,7-8,11-13H,6,9-10,14H2,1-2H3. The van der Waals surface area contributed by atoms with Crippen molar-refractivity contribution in [3.8, 4) is 5.69 Å². The lowest BCUT2D eigenvalue weighted by molar-refractivity contribution is 0.716. The van der Waals surface area contributed by atoms with Crippen molar-refractivity contribution >= 4 is 21.6 Å². The van der Waals surface area contributed by atoms with Crippen LogP contribution in [-0.4, -0.2) is 9.13 Å². The molecule has 5 rings (SSSR count). The number of aromatic nitrogens is 2. The maximum Gasteiger partial charge on any atom is 0.337 e. The molecule has 0 aliphatic heterocycles. The van der Waals surface area contributed by atoms with Crippen molar-refractivity contribution in [3.63, 3.8) is 0 Å². The van der Waals surface area contributed by atoms with Crippen molar-refractivity contribution in [1.29, 1.82) is 0 Å². The Labute approximate surface area is 172 Å². The van der Waals surface area contributed by atoms with E-state index in [4.69, 9.17) is 0 Å². The number of nitrogens with zero attached hydrogens (tertiary/aromatic N) is 2. The number of aryl methyl sites for hydroxylation is 4. The van der Waals surface area contributed by atoms with Gasteiger partial charge in [-0.1, -0.05) is 42.0 Å². The van der Waals surface area contributed by atoms with Crippen LogP contribution in [0, 0.1) is 13.8 Å². The molecule has 4 aromatic rings. The van der Waals surface area contributed by atoms with Gasteiger partial charge in [0.05, 0.1) is 17.6 Å². The van der Waals surface area contributed by atoms with Gasteiger partial charge in [0.15, 0.2) is 0 Å². The van der Waals surface area contributed by atoms with E-state index >= 15 is 0 Å². The topological polar surface area (TPSA) is 44.0 Å². The Morgan fingerprint density at radius 2 is 1.79 bits per heavy atom. The summed E-state index contributed by atoms with van der Waals surface area (Å²) < 4.78 is 3.14. The quantitative estimate of drug-likeness (QED) is 0.511. The summed E-state index contributed by atoms with van der Waals surface area (Å²) >= 11 is 1.62. The molecule has 0 bridgehead atoms. The molecule has 5 heteroatoms. The first-order valence-corrected chi connectivity index (χ1v) is 10.8. The number of fused-ring (bicyclic) bond motifs is 3. The molecule has 2 aromatic carbocycles. The normalized spacial score (nSPS) is 13.2. The molecule has 2 heterocycles. The predicted molar refractivity (Wildman–Crippen MR) is 119 cm³/mol. The van der Waals surface area contributed by atoms with Crippen LogP contribution in [0.3, 0.4) is 0 Å². The molecule has 0 unspecified atom stereocenters. The Hall–Kier alpha value is -2.92. The van der Waals surface area contributed by atoms with E-state index in [9.17, 15) is 9.59 Å². The minimum Gasteiger partial charge on any atom is -0.279 e. The van der Waals surface area contributed by atoms with Gasteiger partial charge in [0.25, 0.3) is 5.56 Å². The fourth-order valence-corrected chi connectivity index (χ4v) is 5.72. The molecule has 0 atom stereocenters. The minimum absolute atomic E-state index is 0.188. The number of para-hydroxylation sites is 1. The molecule has 0 saturated carbocycles. The fraction of sp³-hybridized carbons (Fsp3) is 0.250. The van der Waals surface area contributed by atoms with Crippen LogP contribution in [-0.2, 0) is 19.4 Å². The van der Waals surface area contributed by atoms with E-state index < -0.39 is 0 Å². The average Bonchev–Trinajstić information content (AvgIpc) is 3.29. The van der Waals surface area contributed by atoms with Gasteiger partial charge in [0.1, 0.15) is 4.83 Å². The summed E-state index contributed by atoms with van der Waals surface area (Å²) in [4.78, 5) is 29.1. The molecule has 0 saturated heterocycles. The zero-order chi connectivity index (χ0) is 20.1. The fourth-order valence-electron chi connectivity index (χ4n) is 4.34. The molecule has 0 radical (unpaired) electrons. The van der Waals surface area contributed by atoms with Crippen LogP contribution in [0.4, 0.5) is 0 Å². The van der Waals surface area contributed by atoms with Gasteiger partial charge in [0.2, 0.25) is 0 Å². The zero-order valence-corrected chi connectivity index (χ0v) is 17.4. The first kappa shape index (κ1) is 18.1. The maximum absolute atomic E-state index is 13.5. The van der Waals surface area contributed by atoms with E-state index in [1.807, 2.05) is 30.3 Å². The third kappa shape index (κ3) is 2.88. The molecule has 1 aliphatic carbocycles. The second-order valence-electron chi connectivity index (χ2n) is 7.81. The Kier molecular flexibility index (Phi) is 4.28. The first-order valence-electron chi connectivity index (χ1n) is 9.96. The third-order valence-electron chi connectivity index (χ3n) is 5.83. The number of thiophene rings is 1. The summed E-state index contributed by atoms with van der Waals surface area (Å²) in [6.07, 6.45) is 3.00. The summed E-state index contributed by atoms with van der Waals surface area (Å²) in [5.74, 6) is 0. The number of hydrogen-bond donors (Lipinski definition) is 0. The molecular formula is C24H22N2O2S. The average molecular weight is 403 g/mol. The van der Waals surface area contributed by atoms with Crippen LogP contribution in [0.1, 0.15) is 33.6 Å². The van der Waals surface area contributed by atoms with Gasteiger partial charge in [-0.3, -0.25) is 9.36 Å². The van der Waals surface area contributed by atoms with Crippen molar-refractivity contribution in [2.24, 2.45) is 0 Å². The van der Waals surface area contributed by atoms with Crippen LogP contribution >= 0.6 is 11.3 Å². The second kappa shape index (κ2) is 6.85. The predicted octanol–water partition coefficient (Wildman–Crippen LogP) is 4.37. The van der Waals surface area contributed by atoms with E-state index in [1.54, 1.807) is 15.9 Å². The van der Waals surface area contributed by atoms with Crippen LogP contribution in [0.25, 0.3) is 15.9 Å². The largest absolute Gasteiger partial charge is 0.337 e. The number of rotatable bonds is 3. The van der Waals surface area contributed by atoms with Crippen LogP contribution < -0.4 is 11.2 Å². The molecule has 1 aliphatic rings. The highest BCUT2D eigenvalue weighted by atomic mass is 32.1. The van der Waals surface area contributed by atoms with Crippen LogP contribution in [0.5, 0.6) is 0 Å². The van der Waals surface area contributed by atoms with E-state index in [1.165, 1.54) is 15.0 Å². The Bertz CT molecular complexity index is 1360. The lowest BCUT2D eigenvalue weighted by atomic mass is 10.1. The molecule has 146 valence electrons. The molecule has 0 fully saturated rings. The van der Waals surface area contributed by atoms with Gasteiger partial charge in [-0.05, 0) is 61.9 Å². The third-order valence-corrected chi connectivity index (χ3v) is 7.14. The molecule has 4 nitrogen and oxygen atoms in total. The van der Waals surface area contributed by atoms with Crippen LogP contribution in [0.2, 0.25) is 0 Å². The smallest absolute Gasteiger partial charge is 0.279 e. The minimum atomic E-state index is -0.270. The summed E-state index contributed by atoms with van der Waals surface area (Å²) in [6, 6.07) is 15.6.